The van der Waals surface area contributed by atoms with Crippen molar-refractivity contribution in [3.63, 3.8) is 0 Å². The summed E-state index contributed by atoms with van der Waals surface area (Å²) in [5.74, 6) is -0.160. The first kappa shape index (κ1) is 11.3. The molecule has 1 rings (SSSR count). The molecule has 80 valence electrons. The Morgan fingerprint density at radius 3 is 2.87 bits per heavy atom. The van der Waals surface area contributed by atoms with Crippen molar-refractivity contribution < 1.29 is 14.6 Å². The molecule has 0 heterocycles. The van der Waals surface area contributed by atoms with Gasteiger partial charge in [-0.25, -0.2) is 4.79 Å². The topological polar surface area (TPSA) is 46.5 Å². The van der Waals surface area contributed by atoms with E-state index in [0.717, 1.165) is 11.3 Å². The summed E-state index contributed by atoms with van der Waals surface area (Å²) in [4.78, 5) is 10.5. The lowest BCUT2D eigenvalue weighted by atomic mass is 10.2. The maximum Gasteiger partial charge on any atom is 0.331 e. The molecule has 0 aliphatic rings. The fraction of sp³-hybridized carbons (Fsp3) is 0.250. The lowest BCUT2D eigenvalue weighted by molar-refractivity contribution is -0.132. The zero-order valence-electron chi connectivity index (χ0n) is 8.86. The number of rotatable bonds is 4. The van der Waals surface area contributed by atoms with Gasteiger partial charge in [-0.15, -0.1) is 0 Å². The van der Waals surface area contributed by atoms with Gasteiger partial charge in [0.25, 0.3) is 0 Å². The van der Waals surface area contributed by atoms with E-state index in [0.29, 0.717) is 5.57 Å². The van der Waals surface area contributed by atoms with Gasteiger partial charge in [-0.2, -0.15) is 0 Å². The van der Waals surface area contributed by atoms with Crippen molar-refractivity contribution in [1.29, 1.82) is 0 Å². The number of carboxylic acids is 1. The number of hydrogen-bond acceptors (Lipinski definition) is 2. The summed E-state index contributed by atoms with van der Waals surface area (Å²) in [6.07, 6.45) is 1.55. The van der Waals surface area contributed by atoms with Crippen molar-refractivity contribution in [3.8, 4) is 5.75 Å². The molecular formula is C12H14O3. The number of benzene rings is 1. The molecule has 1 aromatic rings. The van der Waals surface area contributed by atoms with Crippen LogP contribution in [0.4, 0.5) is 0 Å². The highest BCUT2D eigenvalue weighted by Crippen LogP contribution is 2.12. The molecule has 15 heavy (non-hydrogen) atoms. The Bertz CT molecular complexity index is 380. The Kier molecular flexibility index (Phi) is 3.92. The summed E-state index contributed by atoms with van der Waals surface area (Å²) in [6, 6.07) is 7.63. The van der Waals surface area contributed by atoms with Crippen molar-refractivity contribution >= 4 is 5.97 Å². The van der Waals surface area contributed by atoms with E-state index in [1.807, 2.05) is 31.2 Å². The van der Waals surface area contributed by atoms with Crippen LogP contribution in [-0.4, -0.2) is 17.7 Å². The highest BCUT2D eigenvalue weighted by molar-refractivity contribution is 5.85. The molecule has 1 aromatic carbocycles. The van der Waals surface area contributed by atoms with E-state index in [4.69, 9.17) is 9.84 Å². The van der Waals surface area contributed by atoms with Crippen molar-refractivity contribution in [2.24, 2.45) is 0 Å². The van der Waals surface area contributed by atoms with Crippen LogP contribution in [0.3, 0.4) is 0 Å². The van der Waals surface area contributed by atoms with Gasteiger partial charge in [-0.05, 0) is 37.6 Å². The fourth-order valence-electron chi connectivity index (χ4n) is 1.06. The average molecular weight is 206 g/mol. The van der Waals surface area contributed by atoms with E-state index in [2.05, 4.69) is 0 Å². The molecule has 0 bridgehead atoms. The lowest BCUT2D eigenvalue weighted by Gasteiger charge is -2.03. The highest BCUT2D eigenvalue weighted by Gasteiger charge is 1.98. The Morgan fingerprint density at radius 1 is 1.53 bits per heavy atom. The van der Waals surface area contributed by atoms with Gasteiger partial charge in [0.2, 0.25) is 0 Å². The summed E-state index contributed by atoms with van der Waals surface area (Å²) in [6.45, 7) is 3.80. The third-order valence-corrected chi connectivity index (χ3v) is 1.97. The minimum Gasteiger partial charge on any atom is -0.490 e. The van der Waals surface area contributed by atoms with Gasteiger partial charge in [0, 0.05) is 5.57 Å². The number of aliphatic carboxylic acids is 1. The number of ether oxygens (including phenoxy) is 1. The molecule has 0 amide bonds. The Morgan fingerprint density at radius 2 is 2.27 bits per heavy atom. The zero-order valence-corrected chi connectivity index (χ0v) is 8.86. The number of carboxylic acid groups (broad SMARTS) is 1. The molecule has 0 unspecified atom stereocenters. The molecule has 0 aromatic heterocycles. The van der Waals surface area contributed by atoms with Gasteiger partial charge in [0.15, 0.2) is 0 Å². The average Bonchev–Trinajstić information content (AvgIpc) is 2.17. The maximum absolute atomic E-state index is 10.5. The van der Waals surface area contributed by atoms with Crippen LogP contribution >= 0.6 is 0 Å². The molecule has 3 heteroatoms. The van der Waals surface area contributed by atoms with E-state index < -0.39 is 5.97 Å². The monoisotopic (exact) mass is 206 g/mol. The Labute approximate surface area is 89.0 Å². The molecule has 0 aliphatic heterocycles. The summed E-state index contributed by atoms with van der Waals surface area (Å²) in [5, 5.41) is 8.60. The third kappa shape index (κ3) is 3.85. The largest absolute Gasteiger partial charge is 0.490 e. The second kappa shape index (κ2) is 5.20. The third-order valence-electron chi connectivity index (χ3n) is 1.97. The van der Waals surface area contributed by atoms with Crippen LogP contribution < -0.4 is 4.74 Å². The molecule has 0 atom stereocenters. The second-order valence-electron chi connectivity index (χ2n) is 3.32. The molecule has 0 radical (unpaired) electrons. The van der Waals surface area contributed by atoms with Crippen LogP contribution in [-0.2, 0) is 4.79 Å². The molecule has 0 fully saturated rings. The van der Waals surface area contributed by atoms with E-state index in [1.54, 1.807) is 13.0 Å². The van der Waals surface area contributed by atoms with Crippen molar-refractivity contribution in [1.82, 2.24) is 0 Å². The molecule has 1 N–H and O–H groups in total. The van der Waals surface area contributed by atoms with Gasteiger partial charge in [0.1, 0.15) is 12.4 Å². The second-order valence-corrected chi connectivity index (χ2v) is 3.32. The fourth-order valence-corrected chi connectivity index (χ4v) is 1.06. The quantitative estimate of drug-likeness (QED) is 0.769. The van der Waals surface area contributed by atoms with Gasteiger partial charge >= 0.3 is 5.97 Å². The van der Waals surface area contributed by atoms with E-state index >= 15 is 0 Å². The minimum atomic E-state index is -0.914. The van der Waals surface area contributed by atoms with Gasteiger partial charge in [-0.1, -0.05) is 12.1 Å². The summed E-state index contributed by atoms with van der Waals surface area (Å²) in [7, 11) is 0. The van der Waals surface area contributed by atoms with Crippen LogP contribution in [0, 0.1) is 6.92 Å². The first-order valence-corrected chi connectivity index (χ1v) is 4.69. The van der Waals surface area contributed by atoms with Crippen LogP contribution in [0.1, 0.15) is 12.5 Å². The first-order chi connectivity index (χ1) is 7.09. The number of hydrogen-bond donors (Lipinski definition) is 1. The van der Waals surface area contributed by atoms with Gasteiger partial charge in [0.05, 0.1) is 0 Å². The van der Waals surface area contributed by atoms with Crippen molar-refractivity contribution in [2.45, 2.75) is 13.8 Å². The van der Waals surface area contributed by atoms with E-state index in [1.165, 1.54) is 0 Å². The van der Waals surface area contributed by atoms with Gasteiger partial charge < -0.3 is 9.84 Å². The molecule has 0 saturated heterocycles. The minimum absolute atomic E-state index is 0.279. The molecular weight excluding hydrogens is 192 g/mol. The van der Waals surface area contributed by atoms with Crippen molar-refractivity contribution in [2.75, 3.05) is 6.61 Å². The molecule has 0 saturated carbocycles. The highest BCUT2D eigenvalue weighted by atomic mass is 16.5. The zero-order chi connectivity index (χ0) is 11.3. The van der Waals surface area contributed by atoms with Gasteiger partial charge in [-0.3, -0.25) is 0 Å². The maximum atomic E-state index is 10.5. The number of aryl methyl sites for hydroxylation is 1. The Balaban J connectivity index is 2.51. The van der Waals surface area contributed by atoms with Crippen molar-refractivity contribution in [3.05, 3.63) is 41.5 Å². The molecule has 0 aliphatic carbocycles. The van der Waals surface area contributed by atoms with Crippen LogP contribution in [0.5, 0.6) is 5.75 Å². The van der Waals surface area contributed by atoms with Crippen LogP contribution in [0.25, 0.3) is 0 Å². The SMILES string of the molecule is CC(=CCOc1cccc(C)c1)C(=O)O. The van der Waals surface area contributed by atoms with Crippen LogP contribution in [0.15, 0.2) is 35.9 Å². The lowest BCUT2D eigenvalue weighted by Crippen LogP contribution is -2.00. The summed E-state index contributed by atoms with van der Waals surface area (Å²) >= 11 is 0. The normalized spacial score (nSPS) is 11.2. The van der Waals surface area contributed by atoms with Crippen LogP contribution in [0.2, 0.25) is 0 Å². The molecule has 0 spiro atoms. The standard InChI is InChI=1S/C12H14O3/c1-9-4-3-5-11(8-9)15-7-6-10(2)12(13)14/h3-6,8H,7H2,1-2H3,(H,13,14). The predicted molar refractivity (Wildman–Crippen MR) is 58.1 cm³/mol. The van der Waals surface area contributed by atoms with E-state index in [-0.39, 0.29) is 6.61 Å². The Hall–Kier alpha value is -1.77. The predicted octanol–water partition coefficient (Wildman–Crippen LogP) is 2.40. The first-order valence-electron chi connectivity index (χ1n) is 4.69. The summed E-state index contributed by atoms with van der Waals surface area (Å²) < 4.78 is 5.37. The molecule has 3 nitrogen and oxygen atoms in total. The smallest absolute Gasteiger partial charge is 0.331 e. The van der Waals surface area contributed by atoms with E-state index in [9.17, 15) is 4.79 Å². The number of carbonyl (C=O) groups is 1. The summed E-state index contributed by atoms with van der Waals surface area (Å²) in [5.41, 5.74) is 1.41.